The number of nitrogens with two attached hydrogens (primary N) is 1. The predicted octanol–water partition coefficient (Wildman–Crippen LogP) is 1.92. The van der Waals surface area contributed by atoms with Crippen molar-refractivity contribution in [3.63, 3.8) is 0 Å². The fraction of sp³-hybridized carbons (Fsp3) is 1.00. The van der Waals surface area contributed by atoms with Gasteiger partial charge in [-0.1, -0.05) is 25.7 Å². The van der Waals surface area contributed by atoms with Gasteiger partial charge in [0.1, 0.15) is 0 Å². The summed E-state index contributed by atoms with van der Waals surface area (Å²) >= 11 is 0. The lowest BCUT2D eigenvalue weighted by molar-refractivity contribution is 0.139. The van der Waals surface area contributed by atoms with Crippen LogP contribution < -0.4 is 5.73 Å². The van der Waals surface area contributed by atoms with Crippen molar-refractivity contribution >= 4 is 0 Å². The molecule has 0 atom stereocenters. The first-order valence-corrected chi connectivity index (χ1v) is 7.85. The Morgan fingerprint density at radius 3 is 2.28 bits per heavy atom. The molecule has 2 fully saturated rings. The van der Waals surface area contributed by atoms with Crippen LogP contribution in [0.25, 0.3) is 0 Å². The first kappa shape index (κ1) is 14.3. The molecule has 18 heavy (non-hydrogen) atoms. The van der Waals surface area contributed by atoms with Crippen LogP contribution in [0.2, 0.25) is 0 Å². The molecule has 3 heteroatoms. The summed E-state index contributed by atoms with van der Waals surface area (Å²) in [5, 5.41) is 0. The second-order valence-corrected chi connectivity index (χ2v) is 6.55. The molecule has 0 spiro atoms. The summed E-state index contributed by atoms with van der Waals surface area (Å²) < 4.78 is 0. The molecular weight excluding hydrogens is 222 g/mol. The van der Waals surface area contributed by atoms with E-state index in [0.717, 1.165) is 6.54 Å². The Hall–Kier alpha value is -0.120. The number of nitrogens with zero attached hydrogens (tertiary/aromatic N) is 2. The van der Waals surface area contributed by atoms with Crippen LogP contribution in [0.5, 0.6) is 0 Å². The zero-order chi connectivity index (χ0) is 12.8. The summed E-state index contributed by atoms with van der Waals surface area (Å²) in [6, 6.07) is 0. The van der Waals surface area contributed by atoms with Gasteiger partial charge >= 0.3 is 0 Å². The van der Waals surface area contributed by atoms with E-state index in [-0.39, 0.29) is 0 Å². The van der Waals surface area contributed by atoms with E-state index in [4.69, 9.17) is 5.73 Å². The lowest BCUT2D eigenvalue weighted by Gasteiger charge is -2.36. The first-order chi connectivity index (χ1) is 8.74. The average Bonchev–Trinajstić information content (AvgIpc) is 2.72. The van der Waals surface area contributed by atoms with Crippen molar-refractivity contribution in [3.8, 4) is 0 Å². The third kappa shape index (κ3) is 3.94. The van der Waals surface area contributed by atoms with E-state index >= 15 is 0 Å². The first-order valence-electron chi connectivity index (χ1n) is 7.85. The Morgan fingerprint density at radius 2 is 1.61 bits per heavy atom. The highest BCUT2D eigenvalue weighted by molar-refractivity contribution is 4.86. The summed E-state index contributed by atoms with van der Waals surface area (Å²) in [7, 11) is 2.24. The molecule has 1 aliphatic heterocycles. The summed E-state index contributed by atoms with van der Waals surface area (Å²) in [4.78, 5) is 5.14. The number of likely N-dealkylation sites (N-methyl/N-ethyl adjacent to an activating group) is 1. The zero-order valence-corrected chi connectivity index (χ0v) is 12.2. The van der Waals surface area contributed by atoms with Crippen molar-refractivity contribution in [2.45, 2.75) is 44.9 Å². The molecule has 0 unspecified atom stereocenters. The highest BCUT2D eigenvalue weighted by Crippen LogP contribution is 2.35. The van der Waals surface area contributed by atoms with Crippen molar-refractivity contribution in [2.75, 3.05) is 46.3 Å². The van der Waals surface area contributed by atoms with Gasteiger partial charge in [-0.15, -0.1) is 0 Å². The van der Waals surface area contributed by atoms with Gasteiger partial charge in [-0.05, 0) is 51.4 Å². The van der Waals surface area contributed by atoms with Crippen LogP contribution in [0.4, 0.5) is 0 Å². The molecule has 2 rings (SSSR count). The topological polar surface area (TPSA) is 32.5 Å². The van der Waals surface area contributed by atoms with E-state index < -0.39 is 0 Å². The summed E-state index contributed by atoms with van der Waals surface area (Å²) in [5.74, 6) is 0. The molecule has 2 N–H and O–H groups in total. The Morgan fingerprint density at radius 1 is 0.889 bits per heavy atom. The SMILES string of the molecule is CN1CCCN(CC2(CN)CCCCCC2)CC1. The second-order valence-electron chi connectivity index (χ2n) is 6.55. The maximum absolute atomic E-state index is 6.15. The molecule has 0 aromatic carbocycles. The van der Waals surface area contributed by atoms with Crippen LogP contribution in [-0.2, 0) is 0 Å². The van der Waals surface area contributed by atoms with Crippen molar-refractivity contribution in [2.24, 2.45) is 11.1 Å². The molecule has 0 amide bonds. The Bertz CT molecular complexity index is 234. The molecule has 0 aromatic rings. The van der Waals surface area contributed by atoms with E-state index in [1.165, 1.54) is 77.7 Å². The normalized spacial score (nSPS) is 27.7. The molecule has 2 aliphatic rings. The van der Waals surface area contributed by atoms with Gasteiger partial charge in [0.05, 0.1) is 0 Å². The Labute approximate surface area is 113 Å². The van der Waals surface area contributed by atoms with E-state index in [2.05, 4.69) is 16.8 Å². The molecular formula is C15H31N3. The maximum atomic E-state index is 6.15. The van der Waals surface area contributed by atoms with Crippen LogP contribution in [0, 0.1) is 5.41 Å². The molecule has 106 valence electrons. The van der Waals surface area contributed by atoms with Crippen LogP contribution >= 0.6 is 0 Å². The van der Waals surface area contributed by atoms with E-state index in [9.17, 15) is 0 Å². The van der Waals surface area contributed by atoms with Crippen LogP contribution in [-0.4, -0.2) is 56.1 Å². The van der Waals surface area contributed by atoms with Gasteiger partial charge in [-0.25, -0.2) is 0 Å². The largest absolute Gasteiger partial charge is 0.330 e. The van der Waals surface area contributed by atoms with E-state index in [1.54, 1.807) is 0 Å². The fourth-order valence-electron chi connectivity index (χ4n) is 3.64. The smallest absolute Gasteiger partial charge is 0.0109 e. The highest BCUT2D eigenvalue weighted by atomic mass is 15.2. The third-order valence-electron chi connectivity index (χ3n) is 4.97. The number of rotatable bonds is 3. The molecule has 1 heterocycles. The van der Waals surface area contributed by atoms with Crippen molar-refractivity contribution in [3.05, 3.63) is 0 Å². The molecule has 1 saturated heterocycles. The summed E-state index contributed by atoms with van der Waals surface area (Å²) in [5.41, 5.74) is 6.58. The number of hydrogen-bond donors (Lipinski definition) is 1. The minimum atomic E-state index is 0.430. The van der Waals surface area contributed by atoms with Gasteiger partial charge in [-0.3, -0.25) is 0 Å². The van der Waals surface area contributed by atoms with E-state index in [0.29, 0.717) is 5.41 Å². The average molecular weight is 253 g/mol. The van der Waals surface area contributed by atoms with Crippen LogP contribution in [0.1, 0.15) is 44.9 Å². The van der Waals surface area contributed by atoms with Crippen molar-refractivity contribution < 1.29 is 0 Å². The fourth-order valence-corrected chi connectivity index (χ4v) is 3.64. The quantitative estimate of drug-likeness (QED) is 0.780. The molecule has 0 bridgehead atoms. The molecule has 1 saturated carbocycles. The van der Waals surface area contributed by atoms with E-state index in [1.807, 2.05) is 0 Å². The van der Waals surface area contributed by atoms with Crippen molar-refractivity contribution in [1.29, 1.82) is 0 Å². The summed E-state index contributed by atoms with van der Waals surface area (Å²) in [6.07, 6.45) is 9.66. The van der Waals surface area contributed by atoms with Gasteiger partial charge in [0.2, 0.25) is 0 Å². The maximum Gasteiger partial charge on any atom is 0.0109 e. The monoisotopic (exact) mass is 253 g/mol. The minimum Gasteiger partial charge on any atom is -0.330 e. The lowest BCUT2D eigenvalue weighted by Crippen LogP contribution is -2.43. The van der Waals surface area contributed by atoms with Gasteiger partial charge in [0.15, 0.2) is 0 Å². The third-order valence-corrected chi connectivity index (χ3v) is 4.97. The molecule has 0 radical (unpaired) electrons. The number of hydrogen-bond acceptors (Lipinski definition) is 3. The lowest BCUT2D eigenvalue weighted by atomic mass is 9.80. The molecule has 3 nitrogen and oxygen atoms in total. The van der Waals surface area contributed by atoms with Gasteiger partial charge in [0, 0.05) is 19.6 Å². The highest BCUT2D eigenvalue weighted by Gasteiger charge is 2.31. The van der Waals surface area contributed by atoms with Gasteiger partial charge in [-0.2, -0.15) is 0 Å². The molecule has 0 aromatic heterocycles. The Balaban J connectivity index is 1.91. The van der Waals surface area contributed by atoms with Crippen molar-refractivity contribution in [1.82, 2.24) is 9.80 Å². The second kappa shape index (κ2) is 6.88. The predicted molar refractivity (Wildman–Crippen MR) is 77.7 cm³/mol. The molecule has 1 aliphatic carbocycles. The van der Waals surface area contributed by atoms with Gasteiger partial charge in [0.25, 0.3) is 0 Å². The Kier molecular flexibility index (Phi) is 5.46. The standard InChI is InChI=1S/C15H31N3/c1-17-9-6-10-18(12-11-17)14-15(13-16)7-4-2-3-5-8-15/h2-14,16H2,1H3. The van der Waals surface area contributed by atoms with Gasteiger partial charge < -0.3 is 15.5 Å². The minimum absolute atomic E-state index is 0.430. The summed E-state index contributed by atoms with van der Waals surface area (Å²) in [6.45, 7) is 7.12. The zero-order valence-electron chi connectivity index (χ0n) is 12.2. The van der Waals surface area contributed by atoms with Crippen LogP contribution in [0.15, 0.2) is 0 Å². The van der Waals surface area contributed by atoms with Crippen LogP contribution in [0.3, 0.4) is 0 Å².